The van der Waals surface area contributed by atoms with Crippen LogP contribution in [0.4, 0.5) is 19.0 Å². The lowest BCUT2D eigenvalue weighted by molar-refractivity contribution is -0.118. The standard InChI is InChI=1S/C17H18F3N3O3/c1-8(2)6-12(17(25)22-13-7-9(3)26-23-13)21-16(24)10-4-5-11(18)15(20)14(10)19/h4-5,7-8,12H,6H2,1-3H3,(H,21,24)(H,22,23,25)/t12-/m0/s1. The number of aryl methyl sites for hydroxylation is 1. The van der Waals surface area contributed by atoms with Crippen LogP contribution in [0, 0.1) is 30.3 Å². The van der Waals surface area contributed by atoms with Gasteiger partial charge < -0.3 is 15.2 Å². The van der Waals surface area contributed by atoms with Crippen LogP contribution in [0.25, 0.3) is 0 Å². The highest BCUT2D eigenvalue weighted by molar-refractivity contribution is 6.01. The maximum absolute atomic E-state index is 13.8. The van der Waals surface area contributed by atoms with Crippen LogP contribution in [0.5, 0.6) is 0 Å². The number of halogens is 3. The van der Waals surface area contributed by atoms with Crippen molar-refractivity contribution in [1.82, 2.24) is 10.5 Å². The Kier molecular flexibility index (Phi) is 6.01. The van der Waals surface area contributed by atoms with Gasteiger partial charge in [0.15, 0.2) is 23.3 Å². The Morgan fingerprint density at radius 3 is 2.46 bits per heavy atom. The van der Waals surface area contributed by atoms with E-state index in [2.05, 4.69) is 15.8 Å². The highest BCUT2D eigenvalue weighted by atomic mass is 19.2. The average Bonchev–Trinajstić information content (AvgIpc) is 2.96. The maximum Gasteiger partial charge on any atom is 0.255 e. The van der Waals surface area contributed by atoms with Crippen molar-refractivity contribution in [2.75, 3.05) is 5.32 Å². The zero-order chi connectivity index (χ0) is 19.4. The van der Waals surface area contributed by atoms with Crippen LogP contribution >= 0.6 is 0 Å². The SMILES string of the molecule is Cc1cc(NC(=O)[C@H](CC(C)C)NC(=O)c2ccc(F)c(F)c2F)no1. The van der Waals surface area contributed by atoms with Gasteiger partial charge in [0, 0.05) is 6.07 Å². The summed E-state index contributed by atoms with van der Waals surface area (Å²) in [6.45, 7) is 5.29. The summed E-state index contributed by atoms with van der Waals surface area (Å²) in [6.07, 6.45) is 0.236. The van der Waals surface area contributed by atoms with Gasteiger partial charge >= 0.3 is 0 Å². The van der Waals surface area contributed by atoms with Gasteiger partial charge in [-0.1, -0.05) is 19.0 Å². The molecule has 9 heteroatoms. The Bertz CT molecular complexity index is 821. The van der Waals surface area contributed by atoms with Gasteiger partial charge in [-0.05, 0) is 31.4 Å². The number of aromatic nitrogens is 1. The summed E-state index contributed by atoms with van der Waals surface area (Å²) in [6, 6.07) is 1.91. The summed E-state index contributed by atoms with van der Waals surface area (Å²) in [5.41, 5.74) is -0.692. The van der Waals surface area contributed by atoms with E-state index in [1.807, 2.05) is 13.8 Å². The van der Waals surface area contributed by atoms with Crippen LogP contribution in [-0.4, -0.2) is 23.0 Å². The maximum atomic E-state index is 13.8. The first kappa shape index (κ1) is 19.5. The third kappa shape index (κ3) is 4.62. The average molecular weight is 369 g/mol. The molecular weight excluding hydrogens is 351 g/mol. The fourth-order valence-corrected chi connectivity index (χ4v) is 2.28. The number of anilines is 1. The van der Waals surface area contributed by atoms with Crippen LogP contribution in [0.3, 0.4) is 0 Å². The van der Waals surface area contributed by atoms with E-state index in [0.29, 0.717) is 11.8 Å². The summed E-state index contributed by atoms with van der Waals surface area (Å²) < 4.78 is 44.9. The number of hydrogen-bond donors (Lipinski definition) is 2. The van der Waals surface area contributed by atoms with Gasteiger partial charge in [-0.2, -0.15) is 0 Å². The molecule has 0 saturated heterocycles. The van der Waals surface area contributed by atoms with Gasteiger partial charge in [0.1, 0.15) is 11.8 Å². The molecule has 6 nitrogen and oxygen atoms in total. The number of carbonyl (C=O) groups excluding carboxylic acids is 2. The van der Waals surface area contributed by atoms with Crippen LogP contribution in [-0.2, 0) is 4.79 Å². The molecule has 0 aliphatic rings. The lowest BCUT2D eigenvalue weighted by Crippen LogP contribution is -2.45. The molecule has 2 aromatic rings. The van der Waals surface area contributed by atoms with Gasteiger partial charge in [-0.3, -0.25) is 9.59 Å². The lowest BCUT2D eigenvalue weighted by atomic mass is 10.0. The molecule has 140 valence electrons. The second-order valence-electron chi connectivity index (χ2n) is 6.19. The van der Waals surface area contributed by atoms with E-state index in [1.54, 1.807) is 6.92 Å². The van der Waals surface area contributed by atoms with Gasteiger partial charge in [0.05, 0.1) is 5.56 Å². The molecule has 0 bridgehead atoms. The number of nitrogens with one attached hydrogen (secondary N) is 2. The second-order valence-corrected chi connectivity index (χ2v) is 6.19. The van der Waals surface area contributed by atoms with E-state index in [0.717, 1.165) is 6.07 Å². The Labute approximate surface area is 147 Å². The molecule has 0 unspecified atom stereocenters. The molecule has 1 aromatic heterocycles. The predicted octanol–water partition coefficient (Wildman–Crippen LogP) is 3.18. The van der Waals surface area contributed by atoms with Crippen molar-refractivity contribution in [2.24, 2.45) is 5.92 Å². The normalized spacial score (nSPS) is 12.1. The molecule has 0 spiro atoms. The number of rotatable bonds is 6. The molecule has 0 radical (unpaired) electrons. The molecule has 1 atom stereocenters. The number of carbonyl (C=O) groups is 2. The van der Waals surface area contributed by atoms with Crippen LogP contribution < -0.4 is 10.6 Å². The highest BCUT2D eigenvalue weighted by Crippen LogP contribution is 2.16. The van der Waals surface area contributed by atoms with Crippen LogP contribution in [0.15, 0.2) is 22.7 Å². The second kappa shape index (κ2) is 8.03. The van der Waals surface area contributed by atoms with E-state index in [-0.39, 0.29) is 18.2 Å². The third-order valence-corrected chi connectivity index (χ3v) is 3.49. The summed E-state index contributed by atoms with van der Waals surface area (Å²) in [5.74, 6) is -5.74. The third-order valence-electron chi connectivity index (χ3n) is 3.49. The molecule has 1 aromatic carbocycles. The minimum atomic E-state index is -1.75. The highest BCUT2D eigenvalue weighted by Gasteiger charge is 2.26. The summed E-state index contributed by atoms with van der Waals surface area (Å²) >= 11 is 0. The summed E-state index contributed by atoms with van der Waals surface area (Å²) in [5, 5.41) is 8.43. The minimum Gasteiger partial charge on any atom is -0.360 e. The number of nitrogens with zero attached hydrogens (tertiary/aromatic N) is 1. The lowest BCUT2D eigenvalue weighted by Gasteiger charge is -2.19. The molecular formula is C17H18F3N3O3. The van der Waals surface area contributed by atoms with E-state index in [9.17, 15) is 22.8 Å². The largest absolute Gasteiger partial charge is 0.360 e. The van der Waals surface area contributed by atoms with Crippen molar-refractivity contribution < 1.29 is 27.3 Å². The van der Waals surface area contributed by atoms with Gasteiger partial charge in [-0.15, -0.1) is 0 Å². The summed E-state index contributed by atoms with van der Waals surface area (Å²) in [7, 11) is 0. The van der Waals surface area contributed by atoms with Gasteiger partial charge in [0.2, 0.25) is 5.91 Å². The number of benzene rings is 1. The Balaban J connectivity index is 2.17. The van der Waals surface area contributed by atoms with Crippen LogP contribution in [0.2, 0.25) is 0 Å². The Hall–Kier alpha value is -2.84. The summed E-state index contributed by atoms with van der Waals surface area (Å²) in [4.78, 5) is 24.6. The molecule has 2 rings (SSSR count). The zero-order valence-electron chi connectivity index (χ0n) is 14.4. The zero-order valence-corrected chi connectivity index (χ0v) is 14.4. The molecule has 2 N–H and O–H groups in total. The Morgan fingerprint density at radius 1 is 1.19 bits per heavy atom. The fraction of sp³-hybridized carbons (Fsp3) is 0.353. The fourth-order valence-electron chi connectivity index (χ4n) is 2.28. The smallest absolute Gasteiger partial charge is 0.255 e. The molecule has 2 amide bonds. The number of amides is 2. The van der Waals surface area contributed by atoms with Gasteiger partial charge in [-0.25, -0.2) is 13.2 Å². The van der Waals surface area contributed by atoms with E-state index < -0.39 is 40.9 Å². The van der Waals surface area contributed by atoms with Gasteiger partial charge in [0.25, 0.3) is 5.91 Å². The van der Waals surface area contributed by atoms with Crippen molar-refractivity contribution in [2.45, 2.75) is 33.2 Å². The van der Waals surface area contributed by atoms with E-state index in [4.69, 9.17) is 4.52 Å². The molecule has 0 saturated carbocycles. The predicted molar refractivity (Wildman–Crippen MR) is 86.9 cm³/mol. The molecule has 26 heavy (non-hydrogen) atoms. The first-order valence-electron chi connectivity index (χ1n) is 7.87. The topological polar surface area (TPSA) is 84.2 Å². The quantitative estimate of drug-likeness (QED) is 0.766. The minimum absolute atomic E-state index is 0.0138. The first-order valence-corrected chi connectivity index (χ1v) is 7.87. The monoisotopic (exact) mass is 369 g/mol. The first-order chi connectivity index (χ1) is 12.2. The van der Waals surface area contributed by atoms with E-state index >= 15 is 0 Å². The van der Waals surface area contributed by atoms with Crippen molar-refractivity contribution >= 4 is 17.6 Å². The van der Waals surface area contributed by atoms with Crippen LogP contribution in [0.1, 0.15) is 36.4 Å². The molecule has 0 aliphatic carbocycles. The molecule has 0 aliphatic heterocycles. The molecule has 0 fully saturated rings. The van der Waals surface area contributed by atoms with Crippen molar-refractivity contribution in [3.05, 3.63) is 47.0 Å². The van der Waals surface area contributed by atoms with Crippen molar-refractivity contribution in [3.63, 3.8) is 0 Å². The Morgan fingerprint density at radius 2 is 1.88 bits per heavy atom. The van der Waals surface area contributed by atoms with Crippen molar-refractivity contribution in [3.8, 4) is 0 Å². The van der Waals surface area contributed by atoms with Crippen molar-refractivity contribution in [1.29, 1.82) is 0 Å². The van der Waals surface area contributed by atoms with E-state index in [1.165, 1.54) is 6.07 Å². The molecule has 1 heterocycles. The number of hydrogen-bond acceptors (Lipinski definition) is 4.